The molecule has 2 fully saturated rings. The number of hydrogen-bond donors (Lipinski definition) is 2. The predicted molar refractivity (Wildman–Crippen MR) is 127 cm³/mol. The van der Waals surface area contributed by atoms with Crippen LogP contribution in [-0.4, -0.2) is 28.3 Å². The zero-order valence-electron chi connectivity index (χ0n) is 19.4. The third-order valence-corrected chi connectivity index (χ3v) is 7.06. The Hall–Kier alpha value is -3.12. The number of hydrogen-bond acceptors (Lipinski definition) is 5. The number of aliphatic carboxylic acids is 1. The Morgan fingerprint density at radius 1 is 1.06 bits per heavy atom. The summed E-state index contributed by atoms with van der Waals surface area (Å²) in [5.74, 6) is 0.0646. The minimum atomic E-state index is -0.779. The van der Waals surface area contributed by atoms with E-state index in [9.17, 15) is 9.90 Å². The van der Waals surface area contributed by atoms with E-state index in [-0.39, 0.29) is 17.3 Å². The van der Waals surface area contributed by atoms with Gasteiger partial charge in [-0.2, -0.15) is 0 Å². The van der Waals surface area contributed by atoms with Crippen molar-refractivity contribution in [3.63, 3.8) is 0 Å². The van der Waals surface area contributed by atoms with E-state index < -0.39 is 11.6 Å². The van der Waals surface area contributed by atoms with Crippen molar-refractivity contribution in [2.24, 2.45) is 0 Å². The van der Waals surface area contributed by atoms with Gasteiger partial charge in [-0.25, -0.2) is 4.98 Å². The molecular formula is C27H30N2O4. The second-order valence-corrected chi connectivity index (χ2v) is 10.6. The predicted octanol–water partition coefficient (Wildman–Crippen LogP) is 6.05. The minimum Gasteiger partial charge on any atom is -0.481 e. The van der Waals surface area contributed by atoms with Gasteiger partial charge in [0.15, 0.2) is 0 Å². The number of carbonyl (C=O) groups is 1. The molecule has 2 N–H and O–H groups in total. The van der Waals surface area contributed by atoms with Crippen LogP contribution in [0.3, 0.4) is 0 Å². The van der Waals surface area contributed by atoms with Crippen molar-refractivity contribution in [3.05, 3.63) is 66.1 Å². The smallest absolute Gasteiger partial charge is 0.306 e. The zero-order chi connectivity index (χ0) is 23.3. The number of nitrogens with one attached hydrogen (secondary N) is 1. The van der Waals surface area contributed by atoms with Crippen LogP contribution in [-0.2, 0) is 20.4 Å². The Kier molecular flexibility index (Phi) is 5.09. The SMILES string of the molecule is CC(C)(C)c1cnc(Nc2ccc(-c3ccc(C45CCC(CC(=O)O)(C4)OC5)cc3)cc2)o1. The molecule has 1 aliphatic heterocycles. The number of nitrogens with zero attached hydrogens (tertiary/aromatic N) is 1. The molecule has 1 aromatic heterocycles. The van der Waals surface area contributed by atoms with Gasteiger partial charge < -0.3 is 19.6 Å². The molecule has 1 aliphatic carbocycles. The van der Waals surface area contributed by atoms with E-state index in [1.807, 2.05) is 12.1 Å². The van der Waals surface area contributed by atoms with Crippen molar-refractivity contribution in [3.8, 4) is 11.1 Å². The van der Waals surface area contributed by atoms with E-state index >= 15 is 0 Å². The highest BCUT2D eigenvalue weighted by Crippen LogP contribution is 2.55. The largest absolute Gasteiger partial charge is 0.481 e. The maximum Gasteiger partial charge on any atom is 0.306 e. The summed E-state index contributed by atoms with van der Waals surface area (Å²) in [5, 5.41) is 12.5. The molecule has 172 valence electrons. The fourth-order valence-electron chi connectivity index (χ4n) is 5.17. The van der Waals surface area contributed by atoms with E-state index in [2.05, 4.69) is 67.5 Å². The van der Waals surface area contributed by atoms with Gasteiger partial charge in [0.1, 0.15) is 5.76 Å². The average Bonchev–Trinajstić information content (AvgIpc) is 3.48. The molecule has 1 saturated carbocycles. The van der Waals surface area contributed by atoms with Crippen molar-refractivity contribution < 1.29 is 19.1 Å². The normalized spacial score (nSPS) is 24.2. The molecule has 1 saturated heterocycles. The van der Waals surface area contributed by atoms with Gasteiger partial charge in [0, 0.05) is 16.5 Å². The molecule has 2 atom stereocenters. The number of carboxylic acids is 1. The van der Waals surface area contributed by atoms with E-state index in [1.54, 1.807) is 6.20 Å². The van der Waals surface area contributed by atoms with E-state index in [4.69, 9.17) is 9.15 Å². The first-order valence-electron chi connectivity index (χ1n) is 11.5. The molecule has 6 nitrogen and oxygen atoms in total. The van der Waals surface area contributed by atoms with E-state index in [0.717, 1.165) is 41.8 Å². The summed E-state index contributed by atoms with van der Waals surface area (Å²) in [7, 11) is 0. The van der Waals surface area contributed by atoms with Crippen molar-refractivity contribution in [1.82, 2.24) is 4.98 Å². The topological polar surface area (TPSA) is 84.6 Å². The molecule has 2 heterocycles. The summed E-state index contributed by atoms with van der Waals surface area (Å²) in [6.45, 7) is 6.89. The molecule has 0 spiro atoms. The van der Waals surface area contributed by atoms with Crippen LogP contribution in [0.5, 0.6) is 0 Å². The van der Waals surface area contributed by atoms with Crippen LogP contribution in [0.25, 0.3) is 11.1 Å². The van der Waals surface area contributed by atoms with Crippen LogP contribution in [0.1, 0.15) is 57.8 Å². The summed E-state index contributed by atoms with van der Waals surface area (Å²) in [5.41, 5.74) is 3.81. The number of ether oxygens (including phenoxy) is 1. The number of oxazole rings is 1. The summed E-state index contributed by atoms with van der Waals surface area (Å²) in [6, 6.07) is 17.3. The fourth-order valence-corrected chi connectivity index (χ4v) is 5.17. The minimum absolute atomic E-state index is 0.0519. The van der Waals surface area contributed by atoms with Crippen LogP contribution >= 0.6 is 0 Å². The highest BCUT2D eigenvalue weighted by molar-refractivity contribution is 5.69. The first kappa shape index (κ1) is 21.7. The number of rotatable bonds is 6. The van der Waals surface area contributed by atoms with Gasteiger partial charge in [-0.05, 0) is 48.1 Å². The van der Waals surface area contributed by atoms with Gasteiger partial charge >= 0.3 is 5.97 Å². The fraction of sp³-hybridized carbons (Fsp3) is 0.407. The summed E-state index contributed by atoms with van der Waals surface area (Å²) in [6.07, 6.45) is 4.46. The Morgan fingerprint density at radius 2 is 1.73 bits per heavy atom. The average molecular weight is 447 g/mol. The second-order valence-electron chi connectivity index (χ2n) is 10.6. The molecule has 6 heteroatoms. The maximum atomic E-state index is 11.3. The van der Waals surface area contributed by atoms with Crippen molar-refractivity contribution in [1.29, 1.82) is 0 Å². The summed E-state index contributed by atoms with van der Waals surface area (Å²) < 4.78 is 11.8. The van der Waals surface area contributed by atoms with Gasteiger partial charge in [0.25, 0.3) is 6.01 Å². The monoisotopic (exact) mass is 446 g/mol. The first-order chi connectivity index (χ1) is 15.7. The van der Waals surface area contributed by atoms with Gasteiger partial charge in [-0.15, -0.1) is 0 Å². The molecule has 2 aromatic carbocycles. The third kappa shape index (κ3) is 4.15. The molecule has 2 aliphatic rings. The quantitative estimate of drug-likeness (QED) is 0.480. The van der Waals surface area contributed by atoms with Crippen molar-refractivity contribution >= 4 is 17.7 Å². The summed E-state index contributed by atoms with van der Waals surface area (Å²) in [4.78, 5) is 15.6. The van der Waals surface area contributed by atoms with E-state index in [1.165, 1.54) is 5.56 Å². The Labute approximate surface area is 194 Å². The lowest BCUT2D eigenvalue weighted by Gasteiger charge is -2.28. The first-order valence-corrected chi connectivity index (χ1v) is 11.5. The lowest BCUT2D eigenvalue weighted by atomic mass is 9.79. The number of fused-ring (bicyclic) bond motifs is 2. The molecule has 2 bridgehead atoms. The Balaban J connectivity index is 1.27. The molecule has 0 amide bonds. The van der Waals surface area contributed by atoms with Gasteiger partial charge in [0.05, 0.1) is 24.8 Å². The number of carboxylic acid groups (broad SMARTS) is 1. The van der Waals surface area contributed by atoms with Gasteiger partial charge in [-0.1, -0.05) is 57.2 Å². The number of aromatic nitrogens is 1. The van der Waals surface area contributed by atoms with Crippen molar-refractivity contribution in [2.45, 2.75) is 62.9 Å². The van der Waals surface area contributed by atoms with Gasteiger partial charge in [-0.3, -0.25) is 4.79 Å². The summed E-state index contributed by atoms with van der Waals surface area (Å²) >= 11 is 0. The zero-order valence-corrected chi connectivity index (χ0v) is 19.4. The van der Waals surface area contributed by atoms with Crippen LogP contribution in [0.15, 0.2) is 59.1 Å². The molecular weight excluding hydrogens is 416 g/mol. The molecule has 0 radical (unpaired) electrons. The third-order valence-electron chi connectivity index (χ3n) is 7.06. The number of benzene rings is 2. The molecule has 33 heavy (non-hydrogen) atoms. The lowest BCUT2D eigenvalue weighted by Crippen LogP contribution is -2.30. The lowest BCUT2D eigenvalue weighted by molar-refractivity contribution is -0.143. The van der Waals surface area contributed by atoms with Crippen LogP contribution in [0.2, 0.25) is 0 Å². The van der Waals surface area contributed by atoms with Crippen molar-refractivity contribution in [2.75, 3.05) is 11.9 Å². The maximum absolute atomic E-state index is 11.3. The Bertz CT molecular complexity index is 1150. The highest BCUT2D eigenvalue weighted by Gasteiger charge is 2.57. The molecule has 3 aromatic rings. The molecule has 2 unspecified atom stereocenters. The molecule has 5 rings (SSSR count). The van der Waals surface area contributed by atoms with Crippen LogP contribution in [0.4, 0.5) is 11.7 Å². The van der Waals surface area contributed by atoms with E-state index in [0.29, 0.717) is 12.6 Å². The highest BCUT2D eigenvalue weighted by atomic mass is 16.5. The standard InChI is InChI=1S/C27H30N2O4/c1-25(2,3)22-15-28-24(33-22)29-21-10-6-19(7-11-21)18-4-8-20(9-5-18)26-12-13-27(16-26,32-17-26)14-23(30)31/h4-11,15H,12-14,16-17H2,1-3H3,(H,28,29)(H,30,31). The second kappa shape index (κ2) is 7.73. The van der Waals surface area contributed by atoms with Crippen LogP contribution < -0.4 is 5.32 Å². The van der Waals surface area contributed by atoms with Crippen LogP contribution in [0, 0.1) is 0 Å². The van der Waals surface area contributed by atoms with Gasteiger partial charge in [0.2, 0.25) is 0 Å². The number of anilines is 2. The Morgan fingerprint density at radius 3 is 2.27 bits per heavy atom.